The van der Waals surface area contributed by atoms with Gasteiger partial charge in [-0.3, -0.25) is 4.79 Å². The first-order valence-corrected chi connectivity index (χ1v) is 11.7. The SMILES string of the molecule is CC(C)Oc1ccc(C(=O)C(Cc2ccsc2)=C(C(=O)O)c2ccc3nsnc3c2)cc1F. The van der Waals surface area contributed by atoms with Gasteiger partial charge in [0.25, 0.3) is 0 Å². The van der Waals surface area contributed by atoms with Gasteiger partial charge in [0.1, 0.15) is 11.0 Å². The Bertz CT molecular complexity index is 1360. The van der Waals surface area contributed by atoms with Gasteiger partial charge in [0.15, 0.2) is 17.3 Å². The van der Waals surface area contributed by atoms with Crippen LogP contribution in [0, 0.1) is 5.82 Å². The first-order chi connectivity index (χ1) is 15.8. The van der Waals surface area contributed by atoms with Crippen molar-refractivity contribution in [1.82, 2.24) is 8.75 Å². The number of fused-ring (bicyclic) bond motifs is 1. The molecule has 2 heterocycles. The molecule has 1 N–H and O–H groups in total. The van der Waals surface area contributed by atoms with Crippen LogP contribution >= 0.6 is 23.1 Å². The van der Waals surface area contributed by atoms with Crippen LogP contribution in [-0.2, 0) is 11.2 Å². The lowest BCUT2D eigenvalue weighted by molar-refractivity contribution is -0.130. The normalized spacial score (nSPS) is 12.1. The zero-order valence-electron chi connectivity index (χ0n) is 17.7. The van der Waals surface area contributed by atoms with E-state index in [2.05, 4.69) is 8.75 Å². The van der Waals surface area contributed by atoms with Crippen molar-refractivity contribution in [2.45, 2.75) is 26.4 Å². The van der Waals surface area contributed by atoms with Crippen molar-refractivity contribution in [3.8, 4) is 5.75 Å². The van der Waals surface area contributed by atoms with Crippen molar-refractivity contribution in [3.05, 3.63) is 81.3 Å². The van der Waals surface area contributed by atoms with Crippen LogP contribution < -0.4 is 4.74 Å². The van der Waals surface area contributed by atoms with Crippen molar-refractivity contribution in [2.75, 3.05) is 0 Å². The number of carboxylic acids is 1. The third-order valence-electron chi connectivity index (χ3n) is 4.85. The number of carbonyl (C=O) groups excluding carboxylic acids is 1. The second-order valence-electron chi connectivity index (χ2n) is 7.58. The molecule has 0 aliphatic rings. The maximum atomic E-state index is 14.6. The number of benzene rings is 2. The Labute approximate surface area is 197 Å². The number of aliphatic carboxylic acids is 1. The molecule has 4 aromatic rings. The van der Waals surface area contributed by atoms with E-state index in [0.29, 0.717) is 16.6 Å². The number of aromatic nitrogens is 2. The summed E-state index contributed by atoms with van der Waals surface area (Å²) < 4.78 is 28.3. The van der Waals surface area contributed by atoms with E-state index < -0.39 is 17.6 Å². The lowest BCUT2D eigenvalue weighted by Crippen LogP contribution is -2.14. The number of ketones is 1. The average Bonchev–Trinajstić information content (AvgIpc) is 3.45. The lowest BCUT2D eigenvalue weighted by atomic mass is 9.90. The molecular weight excluding hydrogens is 463 g/mol. The Balaban J connectivity index is 1.85. The molecule has 0 aliphatic heterocycles. The zero-order chi connectivity index (χ0) is 23.5. The number of carbonyl (C=O) groups is 2. The van der Waals surface area contributed by atoms with Gasteiger partial charge in [0.2, 0.25) is 0 Å². The highest BCUT2D eigenvalue weighted by atomic mass is 32.1. The fourth-order valence-corrected chi connectivity index (χ4v) is 4.60. The number of hydrogen-bond acceptors (Lipinski definition) is 7. The summed E-state index contributed by atoms with van der Waals surface area (Å²) in [4.78, 5) is 25.9. The second kappa shape index (κ2) is 9.60. The molecule has 0 saturated heterocycles. The molecule has 2 aromatic carbocycles. The van der Waals surface area contributed by atoms with Crippen LogP contribution in [0.4, 0.5) is 4.39 Å². The molecule has 2 aromatic heterocycles. The van der Waals surface area contributed by atoms with Crippen molar-refractivity contribution >= 4 is 51.4 Å². The second-order valence-corrected chi connectivity index (χ2v) is 8.88. The van der Waals surface area contributed by atoms with Gasteiger partial charge < -0.3 is 9.84 Å². The van der Waals surface area contributed by atoms with Gasteiger partial charge in [-0.2, -0.15) is 20.1 Å². The molecule has 0 amide bonds. The summed E-state index contributed by atoms with van der Waals surface area (Å²) in [6, 6.07) is 10.6. The molecule has 0 saturated carbocycles. The third-order valence-corrected chi connectivity index (χ3v) is 6.14. The summed E-state index contributed by atoms with van der Waals surface area (Å²) in [5.41, 5.74) is 2.26. The molecule has 0 fully saturated rings. The van der Waals surface area contributed by atoms with Gasteiger partial charge in [-0.05, 0) is 72.1 Å². The van der Waals surface area contributed by atoms with Gasteiger partial charge in [-0.25, -0.2) is 9.18 Å². The Kier molecular flexibility index (Phi) is 6.62. The largest absolute Gasteiger partial charge is 0.488 e. The summed E-state index contributed by atoms with van der Waals surface area (Å²) in [7, 11) is 0. The lowest BCUT2D eigenvalue weighted by Gasteiger charge is -2.14. The van der Waals surface area contributed by atoms with E-state index in [9.17, 15) is 19.1 Å². The minimum absolute atomic E-state index is 0.0323. The van der Waals surface area contributed by atoms with Crippen LogP contribution in [0.2, 0.25) is 0 Å². The quantitative estimate of drug-likeness (QED) is 0.258. The van der Waals surface area contributed by atoms with E-state index in [1.54, 1.807) is 32.0 Å². The highest BCUT2D eigenvalue weighted by molar-refractivity contribution is 7.08. The molecular formula is C24H19FN2O4S2. The standard InChI is InChI=1S/C24H19FN2O4S2/c1-13(2)31-21-6-4-16(10-18(21)25)23(28)17(9-14-7-8-32-12-14)22(24(29)30)15-3-5-19-20(11-15)27-33-26-19/h3-8,10-13H,9H2,1-2H3,(H,29,30). The first-order valence-electron chi connectivity index (χ1n) is 10.0. The molecule has 0 bridgehead atoms. The van der Waals surface area contributed by atoms with E-state index in [1.165, 1.54) is 23.5 Å². The third kappa shape index (κ3) is 4.99. The Morgan fingerprint density at radius 2 is 1.82 bits per heavy atom. The Hall–Kier alpha value is -3.43. The fourth-order valence-electron chi connectivity index (χ4n) is 3.41. The van der Waals surface area contributed by atoms with Crippen LogP contribution in [0.5, 0.6) is 5.75 Å². The van der Waals surface area contributed by atoms with Gasteiger partial charge in [-0.15, -0.1) is 0 Å². The maximum absolute atomic E-state index is 14.6. The zero-order valence-corrected chi connectivity index (χ0v) is 19.4. The first kappa shape index (κ1) is 22.8. The molecule has 0 spiro atoms. The van der Waals surface area contributed by atoms with E-state index in [4.69, 9.17) is 4.74 Å². The number of halogens is 1. The van der Waals surface area contributed by atoms with E-state index in [-0.39, 0.29) is 35.0 Å². The minimum atomic E-state index is -1.25. The molecule has 0 aliphatic carbocycles. The molecule has 4 rings (SSSR count). The van der Waals surface area contributed by atoms with Crippen LogP contribution in [0.3, 0.4) is 0 Å². The number of Topliss-reactive ketones (excluding diaryl/α,β-unsaturated/α-hetero) is 1. The van der Waals surface area contributed by atoms with E-state index in [0.717, 1.165) is 23.4 Å². The van der Waals surface area contributed by atoms with Crippen molar-refractivity contribution in [3.63, 3.8) is 0 Å². The Morgan fingerprint density at radius 3 is 2.48 bits per heavy atom. The topological polar surface area (TPSA) is 89.4 Å². The van der Waals surface area contributed by atoms with Gasteiger partial charge in [0, 0.05) is 17.6 Å². The van der Waals surface area contributed by atoms with Crippen LogP contribution in [0.15, 0.2) is 58.8 Å². The highest BCUT2D eigenvalue weighted by Crippen LogP contribution is 2.29. The van der Waals surface area contributed by atoms with E-state index in [1.807, 2.05) is 16.8 Å². The maximum Gasteiger partial charge on any atom is 0.336 e. The van der Waals surface area contributed by atoms with Crippen LogP contribution in [0.25, 0.3) is 16.6 Å². The highest BCUT2D eigenvalue weighted by Gasteiger charge is 2.25. The number of rotatable bonds is 8. The molecule has 0 atom stereocenters. The molecule has 33 heavy (non-hydrogen) atoms. The van der Waals surface area contributed by atoms with Crippen LogP contribution in [0.1, 0.15) is 35.3 Å². The number of carboxylic acid groups (broad SMARTS) is 1. The average molecular weight is 483 g/mol. The van der Waals surface area contributed by atoms with Crippen LogP contribution in [-0.4, -0.2) is 31.7 Å². The molecule has 0 unspecified atom stereocenters. The Morgan fingerprint density at radius 1 is 1.06 bits per heavy atom. The monoisotopic (exact) mass is 482 g/mol. The minimum Gasteiger partial charge on any atom is -0.488 e. The molecule has 168 valence electrons. The summed E-state index contributed by atoms with van der Waals surface area (Å²) in [5, 5.41) is 13.8. The predicted molar refractivity (Wildman–Crippen MR) is 126 cm³/mol. The van der Waals surface area contributed by atoms with Gasteiger partial charge >= 0.3 is 5.97 Å². The molecule has 6 nitrogen and oxygen atoms in total. The summed E-state index contributed by atoms with van der Waals surface area (Å²) in [6.45, 7) is 3.54. The fraction of sp³-hybridized carbons (Fsp3) is 0.167. The van der Waals surface area contributed by atoms with Gasteiger partial charge in [-0.1, -0.05) is 6.07 Å². The predicted octanol–water partition coefficient (Wildman–Crippen LogP) is 5.64. The van der Waals surface area contributed by atoms with Gasteiger partial charge in [0.05, 0.1) is 23.4 Å². The van der Waals surface area contributed by atoms with Crippen molar-refractivity contribution in [1.29, 1.82) is 0 Å². The van der Waals surface area contributed by atoms with Crippen molar-refractivity contribution in [2.24, 2.45) is 0 Å². The summed E-state index contributed by atoms with van der Waals surface area (Å²) >= 11 is 2.46. The van der Waals surface area contributed by atoms with E-state index >= 15 is 0 Å². The van der Waals surface area contributed by atoms with Crippen molar-refractivity contribution < 1.29 is 23.8 Å². The molecule has 9 heteroatoms. The number of nitrogens with zero attached hydrogens (tertiary/aromatic N) is 2. The molecule has 0 radical (unpaired) electrons. The number of hydrogen-bond donors (Lipinski definition) is 1. The summed E-state index contributed by atoms with van der Waals surface area (Å²) in [6.07, 6.45) is -0.146. The number of ether oxygens (including phenoxy) is 1. The number of thiophene rings is 1. The smallest absolute Gasteiger partial charge is 0.336 e. The summed E-state index contributed by atoms with van der Waals surface area (Å²) in [5.74, 6) is -2.47. The number of allylic oxidation sites excluding steroid dienone is 1.